The van der Waals surface area contributed by atoms with Gasteiger partial charge in [-0.3, -0.25) is 4.90 Å². The average molecular weight is 331 g/mol. The molecule has 1 aromatic carbocycles. The summed E-state index contributed by atoms with van der Waals surface area (Å²) >= 11 is 1.73. The van der Waals surface area contributed by atoms with Gasteiger partial charge in [0.25, 0.3) is 0 Å². The summed E-state index contributed by atoms with van der Waals surface area (Å²) in [5.74, 6) is 0. The van der Waals surface area contributed by atoms with E-state index in [0.29, 0.717) is 6.54 Å². The van der Waals surface area contributed by atoms with Crippen LogP contribution in [0.2, 0.25) is 0 Å². The van der Waals surface area contributed by atoms with Gasteiger partial charge in [-0.05, 0) is 23.6 Å². The summed E-state index contributed by atoms with van der Waals surface area (Å²) in [6.45, 7) is 3.87. The second kappa shape index (κ2) is 8.10. The Morgan fingerprint density at radius 1 is 1.17 bits per heavy atom. The van der Waals surface area contributed by atoms with Crippen LogP contribution in [-0.2, 0) is 4.74 Å². The van der Waals surface area contributed by atoms with Crippen LogP contribution in [0.1, 0.15) is 10.9 Å². The van der Waals surface area contributed by atoms with Gasteiger partial charge in [0.2, 0.25) is 0 Å². The van der Waals surface area contributed by atoms with Crippen LogP contribution in [-0.4, -0.2) is 43.8 Å². The number of morpholine rings is 1. The zero-order valence-electron chi connectivity index (χ0n) is 12.9. The molecular formula is C17H21N3O2S. The zero-order chi connectivity index (χ0) is 15.9. The lowest BCUT2D eigenvalue weighted by molar-refractivity contribution is 0.0175. The number of para-hydroxylation sites is 1. The number of carbonyl (C=O) groups excluding carboxylic acids is 1. The second-order valence-electron chi connectivity index (χ2n) is 5.38. The van der Waals surface area contributed by atoms with Crippen molar-refractivity contribution in [1.82, 2.24) is 10.2 Å². The van der Waals surface area contributed by atoms with Crippen LogP contribution in [0.25, 0.3) is 0 Å². The molecule has 1 aliphatic rings. The van der Waals surface area contributed by atoms with E-state index in [2.05, 4.69) is 33.0 Å². The summed E-state index contributed by atoms with van der Waals surface area (Å²) in [4.78, 5) is 15.8. The molecule has 0 bridgehead atoms. The van der Waals surface area contributed by atoms with Gasteiger partial charge in [0.05, 0.1) is 19.3 Å². The summed E-state index contributed by atoms with van der Waals surface area (Å²) < 4.78 is 5.43. The highest BCUT2D eigenvalue weighted by Crippen LogP contribution is 2.25. The normalized spacial score (nSPS) is 16.7. The maximum atomic E-state index is 12.1. The van der Waals surface area contributed by atoms with Crippen molar-refractivity contribution in [2.75, 3.05) is 38.2 Å². The van der Waals surface area contributed by atoms with Crippen LogP contribution < -0.4 is 10.6 Å². The van der Waals surface area contributed by atoms with Crippen molar-refractivity contribution in [2.24, 2.45) is 0 Å². The highest BCUT2D eigenvalue weighted by atomic mass is 32.1. The van der Waals surface area contributed by atoms with Crippen molar-refractivity contribution < 1.29 is 9.53 Å². The van der Waals surface area contributed by atoms with Crippen molar-refractivity contribution >= 4 is 23.1 Å². The van der Waals surface area contributed by atoms with Crippen LogP contribution in [0.15, 0.2) is 47.8 Å². The predicted octanol–water partition coefficient (Wildman–Crippen LogP) is 2.94. The monoisotopic (exact) mass is 331 g/mol. The van der Waals surface area contributed by atoms with Gasteiger partial charge < -0.3 is 15.4 Å². The fourth-order valence-electron chi connectivity index (χ4n) is 2.67. The summed E-state index contributed by atoms with van der Waals surface area (Å²) in [5.41, 5.74) is 0.795. The molecular weight excluding hydrogens is 310 g/mol. The number of ether oxygens (including phenoxy) is 1. The molecule has 1 saturated heterocycles. The molecule has 2 aromatic rings. The molecule has 0 radical (unpaired) electrons. The number of rotatable bonds is 5. The molecule has 0 saturated carbocycles. The first kappa shape index (κ1) is 16.0. The average Bonchev–Trinajstić information content (AvgIpc) is 3.11. The number of anilines is 1. The molecule has 122 valence electrons. The molecule has 1 aliphatic heterocycles. The summed E-state index contributed by atoms with van der Waals surface area (Å²) in [6, 6.07) is 13.7. The van der Waals surface area contributed by atoms with Crippen molar-refractivity contribution in [3.8, 4) is 0 Å². The fourth-order valence-corrected chi connectivity index (χ4v) is 3.53. The Labute approximate surface area is 140 Å². The number of hydrogen-bond donors (Lipinski definition) is 2. The summed E-state index contributed by atoms with van der Waals surface area (Å²) in [7, 11) is 0. The molecule has 1 atom stereocenters. The van der Waals surface area contributed by atoms with Crippen LogP contribution >= 0.6 is 11.3 Å². The van der Waals surface area contributed by atoms with E-state index in [4.69, 9.17) is 4.74 Å². The van der Waals surface area contributed by atoms with E-state index in [0.717, 1.165) is 32.0 Å². The minimum Gasteiger partial charge on any atom is -0.379 e. The Bertz CT molecular complexity index is 598. The topological polar surface area (TPSA) is 53.6 Å². The molecule has 1 fully saturated rings. The molecule has 3 rings (SSSR count). The van der Waals surface area contributed by atoms with Crippen LogP contribution in [0.5, 0.6) is 0 Å². The third-order valence-electron chi connectivity index (χ3n) is 3.85. The molecule has 0 unspecified atom stereocenters. The highest BCUT2D eigenvalue weighted by Gasteiger charge is 2.23. The summed E-state index contributed by atoms with van der Waals surface area (Å²) in [5, 5.41) is 7.92. The molecule has 2 N–H and O–H groups in total. The van der Waals surface area contributed by atoms with E-state index in [9.17, 15) is 4.79 Å². The van der Waals surface area contributed by atoms with Crippen molar-refractivity contribution in [3.05, 3.63) is 52.7 Å². The smallest absolute Gasteiger partial charge is 0.319 e. The van der Waals surface area contributed by atoms with Gasteiger partial charge in [0.1, 0.15) is 0 Å². The lowest BCUT2D eigenvalue weighted by Crippen LogP contribution is -2.44. The number of urea groups is 1. The standard InChI is InChI=1S/C17H21N3O2S/c21-17(19-14-5-2-1-3-6-14)18-13-15(16-7-4-12-23-16)20-8-10-22-11-9-20/h1-7,12,15H,8-11,13H2,(H2,18,19,21)/t15-/m0/s1. The Morgan fingerprint density at radius 2 is 1.96 bits per heavy atom. The number of thiophene rings is 1. The first-order chi connectivity index (χ1) is 11.3. The van der Waals surface area contributed by atoms with E-state index in [1.54, 1.807) is 11.3 Å². The summed E-state index contributed by atoms with van der Waals surface area (Å²) in [6.07, 6.45) is 0. The number of hydrogen-bond acceptors (Lipinski definition) is 4. The Hall–Kier alpha value is -1.89. The van der Waals surface area contributed by atoms with E-state index in [1.165, 1.54) is 4.88 Å². The fraction of sp³-hybridized carbons (Fsp3) is 0.353. The van der Waals surface area contributed by atoms with Gasteiger partial charge in [-0.25, -0.2) is 4.79 Å². The molecule has 1 aromatic heterocycles. The number of nitrogens with one attached hydrogen (secondary N) is 2. The quantitative estimate of drug-likeness (QED) is 0.886. The molecule has 23 heavy (non-hydrogen) atoms. The lowest BCUT2D eigenvalue weighted by atomic mass is 10.2. The number of nitrogens with zero attached hydrogens (tertiary/aromatic N) is 1. The van der Waals surface area contributed by atoms with Crippen LogP contribution in [0.3, 0.4) is 0 Å². The van der Waals surface area contributed by atoms with Gasteiger partial charge in [-0.1, -0.05) is 24.3 Å². The van der Waals surface area contributed by atoms with Crippen molar-refractivity contribution in [1.29, 1.82) is 0 Å². The third-order valence-corrected chi connectivity index (χ3v) is 4.82. The Balaban J connectivity index is 1.59. The van der Waals surface area contributed by atoms with Crippen LogP contribution in [0, 0.1) is 0 Å². The van der Waals surface area contributed by atoms with Gasteiger partial charge >= 0.3 is 6.03 Å². The predicted molar refractivity (Wildman–Crippen MR) is 92.9 cm³/mol. The largest absolute Gasteiger partial charge is 0.379 e. The molecule has 0 spiro atoms. The molecule has 6 heteroatoms. The zero-order valence-corrected chi connectivity index (χ0v) is 13.7. The van der Waals surface area contributed by atoms with Crippen LogP contribution in [0.4, 0.5) is 10.5 Å². The Morgan fingerprint density at radius 3 is 2.65 bits per heavy atom. The van der Waals surface area contributed by atoms with Gasteiger partial charge in [-0.2, -0.15) is 0 Å². The van der Waals surface area contributed by atoms with E-state index < -0.39 is 0 Å². The molecule has 2 heterocycles. The molecule has 2 amide bonds. The van der Waals surface area contributed by atoms with Gasteiger partial charge in [-0.15, -0.1) is 11.3 Å². The SMILES string of the molecule is O=C(NC[C@@H](c1cccs1)N1CCOCC1)Nc1ccccc1. The second-order valence-corrected chi connectivity index (χ2v) is 6.36. The van der Waals surface area contributed by atoms with Gasteiger partial charge in [0, 0.05) is 30.2 Å². The minimum absolute atomic E-state index is 0.175. The third kappa shape index (κ3) is 4.54. The number of carbonyl (C=O) groups is 1. The van der Waals surface area contributed by atoms with E-state index in [1.807, 2.05) is 30.3 Å². The van der Waals surface area contributed by atoms with Crippen molar-refractivity contribution in [2.45, 2.75) is 6.04 Å². The number of amides is 2. The first-order valence-electron chi connectivity index (χ1n) is 7.78. The maximum Gasteiger partial charge on any atom is 0.319 e. The van der Waals surface area contributed by atoms with Gasteiger partial charge in [0.15, 0.2) is 0 Å². The maximum absolute atomic E-state index is 12.1. The number of benzene rings is 1. The molecule has 0 aliphatic carbocycles. The highest BCUT2D eigenvalue weighted by molar-refractivity contribution is 7.10. The Kier molecular flexibility index (Phi) is 5.63. The lowest BCUT2D eigenvalue weighted by Gasteiger charge is -2.34. The molecule has 5 nitrogen and oxygen atoms in total. The minimum atomic E-state index is -0.175. The van der Waals surface area contributed by atoms with E-state index in [-0.39, 0.29) is 12.1 Å². The van der Waals surface area contributed by atoms with E-state index >= 15 is 0 Å². The first-order valence-corrected chi connectivity index (χ1v) is 8.66. The van der Waals surface area contributed by atoms with Crippen molar-refractivity contribution in [3.63, 3.8) is 0 Å².